The zero-order valence-corrected chi connectivity index (χ0v) is 14.5. The van der Waals surface area contributed by atoms with Gasteiger partial charge < -0.3 is 15.1 Å². The summed E-state index contributed by atoms with van der Waals surface area (Å²) >= 11 is 0. The molecule has 1 aromatic heterocycles. The highest BCUT2D eigenvalue weighted by molar-refractivity contribution is 6.39. The molecule has 0 bridgehead atoms. The van der Waals surface area contributed by atoms with Crippen LogP contribution in [0.5, 0.6) is 0 Å². The van der Waals surface area contributed by atoms with Crippen LogP contribution in [-0.2, 0) is 22.6 Å². The molecule has 1 aliphatic rings. The third-order valence-electron chi connectivity index (χ3n) is 4.43. The Labute approximate surface area is 151 Å². The Morgan fingerprint density at radius 3 is 2.85 bits per heavy atom. The first-order chi connectivity index (χ1) is 12.7. The van der Waals surface area contributed by atoms with Crippen LogP contribution >= 0.6 is 0 Å². The lowest BCUT2D eigenvalue weighted by molar-refractivity contribution is -0.115. The number of carbonyl (C=O) groups excluding carboxylic acids is 1. The molecule has 26 heavy (non-hydrogen) atoms. The van der Waals surface area contributed by atoms with E-state index in [9.17, 15) is 4.79 Å². The van der Waals surface area contributed by atoms with E-state index >= 15 is 0 Å². The average molecular weight is 348 g/mol. The Hall–Kier alpha value is -3.15. The summed E-state index contributed by atoms with van der Waals surface area (Å²) in [4.78, 5) is 25.5. The van der Waals surface area contributed by atoms with Crippen molar-refractivity contribution in [3.8, 4) is 0 Å². The molecule has 0 aliphatic carbocycles. The van der Waals surface area contributed by atoms with E-state index in [1.54, 1.807) is 0 Å². The van der Waals surface area contributed by atoms with Crippen molar-refractivity contribution in [2.24, 2.45) is 5.16 Å². The van der Waals surface area contributed by atoms with E-state index in [0.29, 0.717) is 25.1 Å². The zero-order chi connectivity index (χ0) is 17.9. The van der Waals surface area contributed by atoms with Gasteiger partial charge in [0.15, 0.2) is 0 Å². The van der Waals surface area contributed by atoms with E-state index in [-0.39, 0.29) is 12.0 Å². The highest BCUT2D eigenvalue weighted by atomic mass is 16.6. The molecule has 4 rings (SSSR count). The van der Waals surface area contributed by atoms with Crippen molar-refractivity contribution in [2.45, 2.75) is 32.4 Å². The Kier molecular flexibility index (Phi) is 4.39. The van der Waals surface area contributed by atoms with Crippen LogP contribution in [0.4, 0.5) is 0 Å². The fourth-order valence-corrected chi connectivity index (χ4v) is 2.98. The van der Waals surface area contributed by atoms with Crippen LogP contribution in [-0.4, -0.2) is 27.7 Å². The summed E-state index contributed by atoms with van der Waals surface area (Å²) in [7, 11) is 0. The summed E-state index contributed by atoms with van der Waals surface area (Å²) in [5.41, 5.74) is 4.61. The number of aromatic nitrogens is 2. The molecule has 6 heteroatoms. The molecule has 6 nitrogen and oxygen atoms in total. The number of amides is 1. The van der Waals surface area contributed by atoms with Gasteiger partial charge in [-0.1, -0.05) is 47.1 Å². The smallest absolute Gasteiger partial charge is 0.269 e. The van der Waals surface area contributed by atoms with Gasteiger partial charge in [0.05, 0.1) is 11.0 Å². The SMILES string of the molecule is Cc1ccc(CNC(=O)C2=NO[C@H](Cc3nc4ccccc4[nH]3)C2)cc1. The van der Waals surface area contributed by atoms with Crippen LogP contribution in [0.15, 0.2) is 53.7 Å². The van der Waals surface area contributed by atoms with Crippen molar-refractivity contribution in [1.29, 1.82) is 0 Å². The zero-order valence-electron chi connectivity index (χ0n) is 14.5. The molecule has 0 saturated heterocycles. The minimum atomic E-state index is -0.183. The van der Waals surface area contributed by atoms with E-state index in [2.05, 4.69) is 20.4 Å². The number of para-hydroxylation sites is 2. The van der Waals surface area contributed by atoms with Crippen LogP contribution in [0.1, 0.15) is 23.4 Å². The predicted molar refractivity (Wildman–Crippen MR) is 99.7 cm³/mol. The topological polar surface area (TPSA) is 79.4 Å². The van der Waals surface area contributed by atoms with Crippen molar-refractivity contribution < 1.29 is 9.63 Å². The predicted octanol–water partition coefficient (Wildman–Crippen LogP) is 2.88. The number of hydrogen-bond donors (Lipinski definition) is 2. The molecule has 1 amide bonds. The summed E-state index contributed by atoms with van der Waals surface area (Å²) < 4.78 is 0. The van der Waals surface area contributed by atoms with Crippen LogP contribution < -0.4 is 5.32 Å². The Morgan fingerprint density at radius 2 is 2.04 bits per heavy atom. The first-order valence-corrected chi connectivity index (χ1v) is 8.67. The maximum absolute atomic E-state index is 12.3. The van der Waals surface area contributed by atoms with E-state index in [1.807, 2.05) is 55.5 Å². The van der Waals surface area contributed by atoms with Crippen molar-refractivity contribution in [2.75, 3.05) is 0 Å². The van der Waals surface area contributed by atoms with Gasteiger partial charge in [-0.15, -0.1) is 0 Å². The second kappa shape index (κ2) is 7.00. The van der Waals surface area contributed by atoms with E-state index in [0.717, 1.165) is 22.4 Å². The van der Waals surface area contributed by atoms with E-state index in [4.69, 9.17) is 4.84 Å². The van der Waals surface area contributed by atoms with Gasteiger partial charge in [0.1, 0.15) is 17.6 Å². The van der Waals surface area contributed by atoms with Gasteiger partial charge in [0, 0.05) is 19.4 Å². The van der Waals surface area contributed by atoms with Crippen molar-refractivity contribution in [3.63, 3.8) is 0 Å². The molecule has 0 fully saturated rings. The Morgan fingerprint density at radius 1 is 1.23 bits per heavy atom. The van der Waals surface area contributed by atoms with Gasteiger partial charge >= 0.3 is 0 Å². The number of aryl methyl sites for hydroxylation is 1. The molecule has 2 aromatic carbocycles. The third kappa shape index (κ3) is 3.59. The highest BCUT2D eigenvalue weighted by Crippen LogP contribution is 2.17. The minimum absolute atomic E-state index is 0.171. The van der Waals surface area contributed by atoms with Crippen LogP contribution in [0.25, 0.3) is 11.0 Å². The highest BCUT2D eigenvalue weighted by Gasteiger charge is 2.27. The van der Waals surface area contributed by atoms with Crippen molar-refractivity contribution in [1.82, 2.24) is 15.3 Å². The standard InChI is InChI=1S/C20H20N4O2/c1-13-6-8-14(9-7-13)12-21-20(25)18-10-15(26-24-18)11-19-22-16-4-2-3-5-17(16)23-19/h2-9,15H,10-12H2,1H3,(H,21,25)(H,22,23)/t15-/m0/s1. The Balaban J connectivity index is 1.31. The monoisotopic (exact) mass is 348 g/mol. The van der Waals surface area contributed by atoms with Crippen molar-refractivity contribution >= 4 is 22.7 Å². The lowest BCUT2D eigenvalue weighted by Crippen LogP contribution is -2.30. The number of H-pyrrole nitrogens is 1. The van der Waals surface area contributed by atoms with Gasteiger partial charge in [-0.25, -0.2) is 4.98 Å². The summed E-state index contributed by atoms with van der Waals surface area (Å²) in [6.07, 6.45) is 0.902. The van der Waals surface area contributed by atoms with Gasteiger partial charge in [-0.05, 0) is 24.6 Å². The van der Waals surface area contributed by atoms with Gasteiger partial charge in [-0.2, -0.15) is 0 Å². The Bertz CT molecular complexity index is 926. The number of carbonyl (C=O) groups is 1. The van der Waals surface area contributed by atoms with Crippen molar-refractivity contribution in [3.05, 3.63) is 65.5 Å². The second-order valence-electron chi connectivity index (χ2n) is 6.54. The molecule has 1 atom stereocenters. The fraction of sp³-hybridized carbons (Fsp3) is 0.250. The molecular weight excluding hydrogens is 328 g/mol. The van der Waals surface area contributed by atoms with Crippen LogP contribution in [0.3, 0.4) is 0 Å². The number of nitrogens with zero attached hydrogens (tertiary/aromatic N) is 2. The molecule has 2 N–H and O–H groups in total. The third-order valence-corrected chi connectivity index (χ3v) is 4.43. The maximum Gasteiger partial charge on any atom is 0.269 e. The van der Waals surface area contributed by atoms with Gasteiger partial charge in [0.2, 0.25) is 0 Å². The fourth-order valence-electron chi connectivity index (χ4n) is 2.98. The number of benzene rings is 2. The van der Waals surface area contributed by atoms with Gasteiger partial charge in [0.25, 0.3) is 5.91 Å². The summed E-state index contributed by atoms with van der Waals surface area (Å²) in [5.74, 6) is 0.658. The van der Waals surface area contributed by atoms with E-state index in [1.165, 1.54) is 5.56 Å². The number of rotatable bonds is 5. The number of oxime groups is 1. The molecule has 0 spiro atoms. The second-order valence-corrected chi connectivity index (χ2v) is 6.54. The lowest BCUT2D eigenvalue weighted by Gasteiger charge is -2.06. The first-order valence-electron chi connectivity index (χ1n) is 8.67. The molecule has 1 aliphatic heterocycles. The number of nitrogens with one attached hydrogen (secondary N) is 2. The summed E-state index contributed by atoms with van der Waals surface area (Å²) in [6, 6.07) is 15.9. The normalized spacial score (nSPS) is 16.3. The molecule has 2 heterocycles. The first kappa shape index (κ1) is 16.3. The van der Waals surface area contributed by atoms with Gasteiger partial charge in [-0.3, -0.25) is 4.79 Å². The summed E-state index contributed by atoms with van der Waals surface area (Å²) in [6.45, 7) is 2.52. The van der Waals surface area contributed by atoms with Crippen LogP contribution in [0, 0.1) is 6.92 Å². The van der Waals surface area contributed by atoms with Crippen LogP contribution in [0.2, 0.25) is 0 Å². The quantitative estimate of drug-likeness (QED) is 0.744. The molecule has 132 valence electrons. The number of hydrogen-bond acceptors (Lipinski definition) is 4. The molecule has 3 aromatic rings. The number of fused-ring (bicyclic) bond motifs is 1. The lowest BCUT2D eigenvalue weighted by atomic mass is 10.1. The molecule has 0 radical (unpaired) electrons. The molecule has 0 saturated carbocycles. The van der Waals surface area contributed by atoms with E-state index < -0.39 is 0 Å². The number of imidazole rings is 1. The molecular formula is C20H20N4O2. The molecule has 0 unspecified atom stereocenters. The average Bonchev–Trinajstić information content (AvgIpc) is 3.27. The maximum atomic E-state index is 12.3. The summed E-state index contributed by atoms with van der Waals surface area (Å²) in [5, 5.41) is 6.85. The largest absolute Gasteiger partial charge is 0.391 e. The number of aromatic amines is 1. The minimum Gasteiger partial charge on any atom is -0.391 e.